The van der Waals surface area contributed by atoms with E-state index in [9.17, 15) is 18.5 Å². The molecule has 0 spiro atoms. The number of hydrogen-bond donors (Lipinski definition) is 0. The van der Waals surface area contributed by atoms with Gasteiger partial charge in [-0.25, -0.2) is 17.4 Å². The van der Waals surface area contributed by atoms with Crippen molar-refractivity contribution in [2.24, 2.45) is 0 Å². The Morgan fingerprint density at radius 1 is 1.06 bits per heavy atom. The smallest absolute Gasteiger partial charge is 0.399 e. The first-order valence-corrected chi connectivity index (χ1v) is 11.1. The number of aromatic nitrogens is 2. The monoisotopic (exact) mass is 443 g/mol. The van der Waals surface area contributed by atoms with E-state index in [2.05, 4.69) is 4.98 Å². The molecule has 1 aliphatic rings. The normalized spacial score (nSPS) is 17.9. The van der Waals surface area contributed by atoms with E-state index in [0.717, 1.165) is 9.54 Å². The number of fused-ring (bicyclic) bond motifs is 1. The van der Waals surface area contributed by atoms with E-state index in [1.54, 1.807) is 12.1 Å². The second kappa shape index (κ2) is 6.88. The SMILES string of the molecule is Cc1ccc(S(=O)(=O)n2cc(B3OC(C)(C)C(C)(C)O3)c3c([N+](=O)[O-])ccnc32)cc1. The number of rotatable bonds is 4. The van der Waals surface area contributed by atoms with Gasteiger partial charge in [0.25, 0.3) is 15.7 Å². The number of benzene rings is 1. The van der Waals surface area contributed by atoms with Gasteiger partial charge in [0, 0.05) is 23.9 Å². The number of hydrogen-bond acceptors (Lipinski definition) is 7. The molecule has 162 valence electrons. The topological polar surface area (TPSA) is 114 Å². The number of aryl methyl sites for hydroxylation is 1. The zero-order chi connectivity index (χ0) is 22.8. The third-order valence-corrected chi connectivity index (χ3v) is 7.61. The summed E-state index contributed by atoms with van der Waals surface area (Å²) in [5.74, 6) is 0. The first-order valence-electron chi connectivity index (χ1n) is 9.67. The van der Waals surface area contributed by atoms with Crippen LogP contribution in [0.1, 0.15) is 33.3 Å². The van der Waals surface area contributed by atoms with E-state index in [0.29, 0.717) is 0 Å². The van der Waals surface area contributed by atoms with Gasteiger partial charge < -0.3 is 9.31 Å². The standard InChI is InChI=1S/C20H22BN3O6S/c1-13-6-8-14(9-7-13)31(27,28)23-12-15(21-29-19(2,3)20(4,5)30-21)17-16(24(25)26)10-11-22-18(17)23/h6-12H,1-5H3. The molecule has 1 aliphatic heterocycles. The second-order valence-corrected chi connectivity index (χ2v) is 10.4. The summed E-state index contributed by atoms with van der Waals surface area (Å²) in [5, 5.41) is 11.8. The van der Waals surface area contributed by atoms with E-state index >= 15 is 0 Å². The Morgan fingerprint density at radius 3 is 2.19 bits per heavy atom. The predicted molar refractivity (Wildman–Crippen MR) is 116 cm³/mol. The number of nitro groups is 1. The van der Waals surface area contributed by atoms with Crippen LogP contribution < -0.4 is 5.46 Å². The van der Waals surface area contributed by atoms with Gasteiger partial charge in [-0.3, -0.25) is 10.1 Å². The van der Waals surface area contributed by atoms with Crippen LogP contribution in [-0.4, -0.2) is 40.6 Å². The number of pyridine rings is 1. The maximum absolute atomic E-state index is 13.4. The first kappa shape index (κ1) is 21.5. The minimum absolute atomic E-state index is 0.0452. The molecule has 0 saturated carbocycles. The Kier molecular flexibility index (Phi) is 4.76. The lowest BCUT2D eigenvalue weighted by atomic mass is 9.79. The van der Waals surface area contributed by atoms with Crippen molar-refractivity contribution in [3.63, 3.8) is 0 Å². The van der Waals surface area contributed by atoms with Crippen molar-refractivity contribution in [2.75, 3.05) is 0 Å². The molecule has 1 aromatic carbocycles. The minimum atomic E-state index is -4.07. The molecule has 0 unspecified atom stereocenters. The molecule has 0 bridgehead atoms. The lowest BCUT2D eigenvalue weighted by molar-refractivity contribution is -0.383. The summed E-state index contributed by atoms with van der Waals surface area (Å²) in [6.07, 6.45) is 2.53. The van der Waals surface area contributed by atoms with Gasteiger partial charge in [-0.05, 0) is 46.8 Å². The molecule has 1 saturated heterocycles. The molecular formula is C20H22BN3O6S. The van der Waals surface area contributed by atoms with Gasteiger partial charge in [0.15, 0.2) is 5.65 Å². The lowest BCUT2D eigenvalue weighted by Gasteiger charge is -2.32. The van der Waals surface area contributed by atoms with Crippen LogP contribution in [0.15, 0.2) is 47.6 Å². The van der Waals surface area contributed by atoms with Crippen LogP contribution in [-0.2, 0) is 19.3 Å². The van der Waals surface area contributed by atoms with E-state index in [1.165, 1.54) is 30.6 Å². The van der Waals surface area contributed by atoms with Crippen molar-refractivity contribution in [1.29, 1.82) is 0 Å². The van der Waals surface area contributed by atoms with Gasteiger partial charge in [0.1, 0.15) is 0 Å². The van der Waals surface area contributed by atoms with E-state index in [-0.39, 0.29) is 27.1 Å². The molecule has 0 N–H and O–H groups in total. The zero-order valence-corrected chi connectivity index (χ0v) is 18.6. The van der Waals surface area contributed by atoms with Crippen molar-refractivity contribution >= 4 is 39.3 Å². The van der Waals surface area contributed by atoms with Crippen LogP contribution in [0.5, 0.6) is 0 Å². The summed E-state index contributed by atoms with van der Waals surface area (Å²) in [4.78, 5) is 15.4. The Balaban J connectivity index is 1.98. The maximum Gasteiger partial charge on any atom is 0.497 e. The molecule has 0 radical (unpaired) electrons. The maximum atomic E-state index is 13.4. The molecule has 0 aliphatic carbocycles. The summed E-state index contributed by atoms with van der Waals surface area (Å²) in [7, 11) is -5.07. The van der Waals surface area contributed by atoms with Gasteiger partial charge in [-0.1, -0.05) is 17.7 Å². The van der Waals surface area contributed by atoms with Crippen LogP contribution in [0.4, 0.5) is 5.69 Å². The second-order valence-electron chi connectivity index (χ2n) is 8.57. The summed E-state index contributed by atoms with van der Waals surface area (Å²) >= 11 is 0. The molecule has 9 nitrogen and oxygen atoms in total. The highest BCUT2D eigenvalue weighted by Crippen LogP contribution is 2.38. The van der Waals surface area contributed by atoms with E-state index in [4.69, 9.17) is 9.31 Å². The quantitative estimate of drug-likeness (QED) is 0.346. The Bertz CT molecular complexity index is 1280. The van der Waals surface area contributed by atoms with Gasteiger partial charge in [0.2, 0.25) is 0 Å². The Hall–Kier alpha value is -2.76. The van der Waals surface area contributed by atoms with Gasteiger partial charge >= 0.3 is 7.12 Å². The number of nitrogens with zero attached hydrogens (tertiary/aromatic N) is 3. The molecular weight excluding hydrogens is 421 g/mol. The predicted octanol–water partition coefficient (Wildman–Crippen LogP) is 2.79. The molecule has 4 rings (SSSR count). The molecule has 11 heteroatoms. The molecule has 31 heavy (non-hydrogen) atoms. The van der Waals surface area contributed by atoms with E-state index in [1.807, 2.05) is 34.6 Å². The molecule has 1 fully saturated rings. The van der Waals surface area contributed by atoms with Crippen LogP contribution in [0.2, 0.25) is 0 Å². The van der Waals surface area contributed by atoms with Gasteiger partial charge in [0.05, 0.1) is 26.4 Å². The fourth-order valence-electron chi connectivity index (χ4n) is 3.44. The van der Waals surface area contributed by atoms with Crippen molar-refractivity contribution in [2.45, 2.75) is 50.7 Å². The highest BCUT2D eigenvalue weighted by Gasteiger charge is 2.53. The van der Waals surface area contributed by atoms with Crippen molar-refractivity contribution in [3.05, 3.63) is 58.4 Å². The fraction of sp³-hybridized carbons (Fsp3) is 0.350. The van der Waals surface area contributed by atoms with Gasteiger partial charge in [-0.2, -0.15) is 0 Å². The third kappa shape index (κ3) is 3.33. The molecule has 3 aromatic rings. The van der Waals surface area contributed by atoms with Crippen molar-refractivity contribution in [1.82, 2.24) is 8.96 Å². The minimum Gasteiger partial charge on any atom is -0.399 e. The Morgan fingerprint density at radius 2 is 1.65 bits per heavy atom. The summed E-state index contributed by atoms with van der Waals surface area (Å²) < 4.78 is 39.9. The lowest BCUT2D eigenvalue weighted by Crippen LogP contribution is -2.41. The highest BCUT2D eigenvalue weighted by atomic mass is 32.2. The van der Waals surface area contributed by atoms with Crippen molar-refractivity contribution < 1.29 is 22.6 Å². The molecule has 3 heterocycles. The molecule has 0 atom stereocenters. The third-order valence-electron chi connectivity index (χ3n) is 5.94. The summed E-state index contributed by atoms with van der Waals surface area (Å²) in [5.41, 5.74) is -0.600. The van der Waals surface area contributed by atoms with Crippen LogP contribution in [0.25, 0.3) is 11.0 Å². The molecule has 0 amide bonds. The van der Waals surface area contributed by atoms with E-state index < -0.39 is 33.3 Å². The first-order chi connectivity index (χ1) is 14.3. The van der Waals surface area contributed by atoms with Crippen LogP contribution >= 0.6 is 0 Å². The average molecular weight is 443 g/mol. The summed E-state index contributed by atoms with van der Waals surface area (Å²) in [6.45, 7) is 9.25. The van der Waals surface area contributed by atoms with Gasteiger partial charge in [-0.15, -0.1) is 0 Å². The van der Waals surface area contributed by atoms with Crippen LogP contribution in [0, 0.1) is 17.0 Å². The summed E-state index contributed by atoms with van der Waals surface area (Å²) in [6, 6.07) is 7.58. The molecule has 2 aromatic heterocycles. The largest absolute Gasteiger partial charge is 0.497 e. The highest BCUT2D eigenvalue weighted by molar-refractivity contribution is 7.90. The van der Waals surface area contributed by atoms with Crippen molar-refractivity contribution in [3.8, 4) is 0 Å². The average Bonchev–Trinajstić information content (AvgIpc) is 3.16. The van der Waals surface area contributed by atoms with Crippen LogP contribution in [0.3, 0.4) is 0 Å². The Labute approximate surface area is 180 Å². The fourth-order valence-corrected chi connectivity index (χ4v) is 4.77. The zero-order valence-electron chi connectivity index (χ0n) is 17.8.